The molecule has 3 aromatic rings. The van der Waals surface area contributed by atoms with Gasteiger partial charge in [0.15, 0.2) is 5.13 Å². The number of hydrogen-bond acceptors (Lipinski definition) is 8. The van der Waals surface area contributed by atoms with Crippen LogP contribution in [0.2, 0.25) is 4.34 Å². The van der Waals surface area contributed by atoms with Gasteiger partial charge in [0, 0.05) is 25.0 Å². The molecule has 0 saturated carbocycles. The van der Waals surface area contributed by atoms with Gasteiger partial charge >= 0.3 is 0 Å². The lowest BCUT2D eigenvalue weighted by atomic mass is 9.91. The van der Waals surface area contributed by atoms with Crippen molar-refractivity contribution in [2.45, 2.75) is 48.9 Å². The number of carbonyl (C=O) groups is 1. The highest BCUT2D eigenvalue weighted by Crippen LogP contribution is 2.30. The number of aromatic nitrogens is 2. The van der Waals surface area contributed by atoms with E-state index >= 15 is 0 Å². The van der Waals surface area contributed by atoms with Crippen LogP contribution in [0.15, 0.2) is 49.7 Å². The molecule has 1 fully saturated rings. The Kier molecular flexibility index (Phi) is 7.27. The molecule has 1 amide bonds. The van der Waals surface area contributed by atoms with E-state index in [1.807, 2.05) is 0 Å². The second-order valence-corrected chi connectivity index (χ2v) is 11.7. The van der Waals surface area contributed by atoms with E-state index in [0.29, 0.717) is 34.8 Å². The number of aryl methyl sites for hydroxylation is 2. The predicted octanol–water partition coefficient (Wildman–Crippen LogP) is 4.00. The SMILES string of the molecule is Cc1occc1S(=O)(=O)c1cc(C)n(C(CC2CCOCC2)C(=O)Nc2ncc(Cl)s2)c(=O)c1. The number of ether oxygens (including phenoxy) is 1. The van der Waals surface area contributed by atoms with E-state index in [4.69, 9.17) is 20.8 Å². The lowest BCUT2D eigenvalue weighted by Gasteiger charge is -2.28. The summed E-state index contributed by atoms with van der Waals surface area (Å²) in [6.07, 6.45) is 4.67. The average molecular weight is 526 g/mol. The third-order valence-corrected chi connectivity index (χ3v) is 8.75. The molecular formula is C22H24ClN3O6S2. The van der Waals surface area contributed by atoms with Crippen molar-refractivity contribution in [2.24, 2.45) is 5.92 Å². The third kappa shape index (κ3) is 5.12. The number of anilines is 1. The second kappa shape index (κ2) is 10.0. The second-order valence-electron chi connectivity index (χ2n) is 8.15. The number of furan rings is 1. The lowest BCUT2D eigenvalue weighted by Crippen LogP contribution is -2.36. The van der Waals surface area contributed by atoms with Gasteiger partial charge in [-0.25, -0.2) is 13.4 Å². The summed E-state index contributed by atoms with van der Waals surface area (Å²) < 4.78 is 38.5. The Hall–Kier alpha value is -2.47. The summed E-state index contributed by atoms with van der Waals surface area (Å²) in [5.41, 5.74) is -0.222. The van der Waals surface area contributed by atoms with Crippen molar-refractivity contribution in [3.05, 3.63) is 56.8 Å². The van der Waals surface area contributed by atoms with Crippen molar-refractivity contribution in [1.29, 1.82) is 0 Å². The molecule has 1 unspecified atom stereocenters. The number of amides is 1. The van der Waals surface area contributed by atoms with Crippen molar-refractivity contribution >= 4 is 43.8 Å². The summed E-state index contributed by atoms with van der Waals surface area (Å²) in [6, 6.07) is 2.96. The molecule has 4 heterocycles. The third-order valence-electron chi connectivity index (χ3n) is 5.86. The standard InChI is InChI=1S/C22H24ClN3O6S2/c1-13-9-16(34(29,30)18-5-8-32-14(18)2)11-20(27)26(13)17(10-15-3-6-31-7-4-15)21(28)25-22-24-12-19(23)33-22/h5,8-9,11-12,15,17H,3-4,6-7,10H2,1-2H3,(H,24,25,28). The molecule has 9 nitrogen and oxygen atoms in total. The Balaban J connectivity index is 1.72. The van der Waals surface area contributed by atoms with Gasteiger partial charge < -0.3 is 19.0 Å². The van der Waals surface area contributed by atoms with Gasteiger partial charge in [0.05, 0.1) is 17.4 Å². The summed E-state index contributed by atoms with van der Waals surface area (Å²) in [5.74, 6) is -0.00243. The number of hydrogen-bond donors (Lipinski definition) is 1. The number of thiazole rings is 1. The van der Waals surface area contributed by atoms with Crippen LogP contribution >= 0.6 is 22.9 Å². The fraction of sp³-hybridized carbons (Fsp3) is 0.409. The summed E-state index contributed by atoms with van der Waals surface area (Å²) in [4.78, 5) is 30.5. The molecule has 182 valence electrons. The molecule has 0 aliphatic carbocycles. The Morgan fingerprint density at radius 2 is 2.06 bits per heavy atom. The molecular weight excluding hydrogens is 502 g/mol. The van der Waals surface area contributed by atoms with E-state index in [1.165, 1.54) is 29.2 Å². The zero-order valence-electron chi connectivity index (χ0n) is 18.6. The fourth-order valence-corrected chi connectivity index (χ4v) is 6.46. The summed E-state index contributed by atoms with van der Waals surface area (Å²) in [5, 5.41) is 3.07. The summed E-state index contributed by atoms with van der Waals surface area (Å²) in [6.45, 7) is 4.35. The molecule has 12 heteroatoms. The molecule has 1 aliphatic heterocycles. The number of pyridine rings is 1. The highest BCUT2D eigenvalue weighted by Gasteiger charge is 2.30. The monoisotopic (exact) mass is 525 g/mol. The Labute approximate surface area is 205 Å². The number of carbonyl (C=O) groups excluding carboxylic acids is 1. The predicted molar refractivity (Wildman–Crippen MR) is 127 cm³/mol. The normalized spacial score (nSPS) is 15.9. The van der Waals surface area contributed by atoms with E-state index in [0.717, 1.165) is 30.2 Å². The average Bonchev–Trinajstić information content (AvgIpc) is 3.41. The first-order chi connectivity index (χ1) is 16.2. The van der Waals surface area contributed by atoms with E-state index < -0.39 is 27.3 Å². The van der Waals surface area contributed by atoms with Crippen LogP contribution in [0, 0.1) is 19.8 Å². The molecule has 1 saturated heterocycles. The van der Waals surface area contributed by atoms with E-state index in [1.54, 1.807) is 13.8 Å². The van der Waals surface area contributed by atoms with Crippen molar-refractivity contribution in [3.8, 4) is 0 Å². The lowest BCUT2D eigenvalue weighted by molar-refractivity contribution is -0.120. The van der Waals surface area contributed by atoms with Crippen molar-refractivity contribution in [3.63, 3.8) is 0 Å². The Bertz CT molecular complexity index is 1350. The van der Waals surface area contributed by atoms with Crippen LogP contribution in [-0.2, 0) is 19.4 Å². The van der Waals surface area contributed by atoms with Gasteiger partial charge in [-0.3, -0.25) is 9.59 Å². The topological polar surface area (TPSA) is 120 Å². The minimum atomic E-state index is -3.95. The van der Waals surface area contributed by atoms with Crippen LogP contribution in [0.25, 0.3) is 0 Å². The number of halogens is 1. The van der Waals surface area contributed by atoms with Crippen LogP contribution < -0.4 is 10.9 Å². The summed E-state index contributed by atoms with van der Waals surface area (Å²) in [7, 11) is -3.95. The first-order valence-corrected chi connectivity index (χ1v) is 13.4. The quantitative estimate of drug-likeness (QED) is 0.495. The first-order valence-electron chi connectivity index (χ1n) is 10.7. The van der Waals surface area contributed by atoms with Gasteiger partial charge in [-0.2, -0.15) is 0 Å². The molecule has 34 heavy (non-hydrogen) atoms. The highest BCUT2D eigenvalue weighted by atomic mass is 35.5. The molecule has 4 rings (SSSR count). The smallest absolute Gasteiger partial charge is 0.252 e. The molecule has 0 bridgehead atoms. The van der Waals surface area contributed by atoms with Gasteiger partial charge in [0.1, 0.15) is 21.0 Å². The van der Waals surface area contributed by atoms with Crippen LogP contribution in [0.3, 0.4) is 0 Å². The van der Waals surface area contributed by atoms with Gasteiger partial charge in [-0.15, -0.1) is 0 Å². The van der Waals surface area contributed by atoms with Crippen LogP contribution in [0.1, 0.15) is 36.8 Å². The number of rotatable bonds is 7. The van der Waals surface area contributed by atoms with Crippen molar-refractivity contribution < 1.29 is 22.4 Å². The molecule has 1 aliphatic rings. The van der Waals surface area contributed by atoms with Gasteiger partial charge in [-0.05, 0) is 51.2 Å². The van der Waals surface area contributed by atoms with E-state index in [9.17, 15) is 18.0 Å². The maximum Gasteiger partial charge on any atom is 0.252 e. The Morgan fingerprint density at radius 1 is 1.32 bits per heavy atom. The van der Waals surface area contributed by atoms with Gasteiger partial charge in [0.25, 0.3) is 5.56 Å². The zero-order valence-corrected chi connectivity index (χ0v) is 21.0. The maximum absolute atomic E-state index is 13.3. The molecule has 0 spiro atoms. The van der Waals surface area contributed by atoms with Crippen LogP contribution in [0.5, 0.6) is 0 Å². The van der Waals surface area contributed by atoms with E-state index in [-0.39, 0.29) is 21.5 Å². The van der Waals surface area contributed by atoms with Gasteiger partial charge in [0.2, 0.25) is 15.7 Å². The van der Waals surface area contributed by atoms with Crippen molar-refractivity contribution in [2.75, 3.05) is 18.5 Å². The number of nitrogens with zero attached hydrogens (tertiary/aromatic N) is 2. The first kappa shape index (κ1) is 24.6. The Morgan fingerprint density at radius 3 is 2.65 bits per heavy atom. The molecule has 1 atom stereocenters. The minimum absolute atomic E-state index is 0.00111. The summed E-state index contributed by atoms with van der Waals surface area (Å²) >= 11 is 7.05. The highest BCUT2D eigenvalue weighted by molar-refractivity contribution is 7.91. The molecule has 0 aromatic carbocycles. The van der Waals surface area contributed by atoms with E-state index in [2.05, 4.69) is 10.3 Å². The van der Waals surface area contributed by atoms with Gasteiger partial charge in [-0.1, -0.05) is 22.9 Å². The maximum atomic E-state index is 13.3. The van der Waals surface area contributed by atoms with Crippen LogP contribution in [-0.4, -0.2) is 37.1 Å². The molecule has 0 radical (unpaired) electrons. The van der Waals surface area contributed by atoms with Crippen molar-refractivity contribution in [1.82, 2.24) is 9.55 Å². The fourth-order valence-electron chi connectivity index (χ4n) is 4.14. The number of nitrogens with one attached hydrogen (secondary N) is 1. The van der Waals surface area contributed by atoms with Crippen LogP contribution in [0.4, 0.5) is 5.13 Å². The largest absolute Gasteiger partial charge is 0.468 e. The molecule has 1 N–H and O–H groups in total. The number of sulfone groups is 1. The molecule has 3 aromatic heterocycles. The zero-order chi connectivity index (χ0) is 24.5. The minimum Gasteiger partial charge on any atom is -0.468 e.